The van der Waals surface area contributed by atoms with Crippen molar-refractivity contribution in [2.45, 2.75) is 44.9 Å². The molecule has 108 valence electrons. The smallest absolute Gasteiger partial charge is 0.254 e. The van der Waals surface area contributed by atoms with E-state index in [4.69, 9.17) is 16.3 Å². The highest BCUT2D eigenvalue weighted by Gasteiger charge is 2.27. The lowest BCUT2D eigenvalue weighted by molar-refractivity contribution is 0.0695. The topological polar surface area (TPSA) is 29.5 Å². The largest absolute Gasteiger partial charge is 0.372 e. The van der Waals surface area contributed by atoms with Gasteiger partial charge in [0.1, 0.15) is 0 Å². The summed E-state index contributed by atoms with van der Waals surface area (Å²) < 4.78 is 5.41. The Bertz CT molecular complexity index is 497. The molecule has 1 saturated carbocycles. The van der Waals surface area contributed by atoms with E-state index in [1.54, 1.807) is 0 Å². The third kappa shape index (κ3) is 2.70. The van der Waals surface area contributed by atoms with Crippen molar-refractivity contribution in [3.8, 4) is 0 Å². The molecule has 1 aromatic rings. The molecule has 20 heavy (non-hydrogen) atoms. The standard InChI is InChI=1S/C16H20ClNO2/c17-7-8-18(15-3-1-2-4-15)16(19)12-5-6-13-10-20-11-14(13)9-12/h5-6,9,15H,1-4,7-8,10-11H2. The molecule has 1 aliphatic heterocycles. The molecule has 0 saturated heterocycles. The lowest BCUT2D eigenvalue weighted by atomic mass is 10.0. The van der Waals surface area contributed by atoms with Crippen LogP contribution in [-0.4, -0.2) is 29.3 Å². The van der Waals surface area contributed by atoms with E-state index in [0.29, 0.717) is 31.7 Å². The number of rotatable bonds is 4. The van der Waals surface area contributed by atoms with Crippen LogP contribution in [0.1, 0.15) is 47.2 Å². The van der Waals surface area contributed by atoms with Crippen molar-refractivity contribution < 1.29 is 9.53 Å². The molecule has 1 aromatic carbocycles. The Balaban J connectivity index is 1.81. The van der Waals surface area contributed by atoms with Crippen molar-refractivity contribution >= 4 is 17.5 Å². The maximum atomic E-state index is 12.7. The normalized spacial score (nSPS) is 18.2. The molecule has 4 heteroatoms. The summed E-state index contributed by atoms with van der Waals surface area (Å²) in [5.74, 6) is 0.614. The highest BCUT2D eigenvalue weighted by molar-refractivity contribution is 6.18. The lowest BCUT2D eigenvalue weighted by Gasteiger charge is -2.28. The van der Waals surface area contributed by atoms with Gasteiger partial charge in [0, 0.05) is 24.0 Å². The van der Waals surface area contributed by atoms with Gasteiger partial charge in [0.25, 0.3) is 5.91 Å². The number of fused-ring (bicyclic) bond motifs is 1. The summed E-state index contributed by atoms with van der Waals surface area (Å²) in [5, 5.41) is 0. The molecule has 3 rings (SSSR count). The van der Waals surface area contributed by atoms with E-state index in [1.807, 2.05) is 23.1 Å². The van der Waals surface area contributed by atoms with Crippen molar-refractivity contribution in [2.75, 3.05) is 12.4 Å². The minimum atomic E-state index is 0.118. The summed E-state index contributed by atoms with van der Waals surface area (Å²) >= 11 is 5.89. The van der Waals surface area contributed by atoms with Crippen molar-refractivity contribution in [2.24, 2.45) is 0 Å². The number of carbonyl (C=O) groups excluding carboxylic acids is 1. The van der Waals surface area contributed by atoms with E-state index in [1.165, 1.54) is 18.4 Å². The molecule has 0 N–H and O–H groups in total. The van der Waals surface area contributed by atoms with Crippen LogP contribution in [0, 0.1) is 0 Å². The number of nitrogens with zero attached hydrogens (tertiary/aromatic N) is 1. The fourth-order valence-corrected chi connectivity index (χ4v) is 3.41. The van der Waals surface area contributed by atoms with Crippen LogP contribution in [0.4, 0.5) is 0 Å². The monoisotopic (exact) mass is 293 g/mol. The highest BCUT2D eigenvalue weighted by Crippen LogP contribution is 2.26. The van der Waals surface area contributed by atoms with Crippen LogP contribution >= 0.6 is 11.6 Å². The number of hydrogen-bond donors (Lipinski definition) is 0. The first-order valence-corrected chi connectivity index (χ1v) is 7.89. The maximum Gasteiger partial charge on any atom is 0.254 e. The quantitative estimate of drug-likeness (QED) is 0.797. The molecule has 0 aromatic heterocycles. The van der Waals surface area contributed by atoms with Gasteiger partial charge in [0.15, 0.2) is 0 Å². The van der Waals surface area contributed by atoms with E-state index < -0.39 is 0 Å². The molecule has 1 heterocycles. The van der Waals surface area contributed by atoms with Crippen molar-refractivity contribution in [1.29, 1.82) is 0 Å². The summed E-state index contributed by atoms with van der Waals surface area (Å²) in [6.45, 7) is 1.92. The molecule has 0 unspecified atom stereocenters. The number of ether oxygens (including phenoxy) is 1. The minimum Gasteiger partial charge on any atom is -0.372 e. The Morgan fingerprint density at radius 1 is 1.25 bits per heavy atom. The van der Waals surface area contributed by atoms with Crippen molar-refractivity contribution in [1.82, 2.24) is 4.90 Å². The van der Waals surface area contributed by atoms with Crippen LogP contribution in [0.25, 0.3) is 0 Å². The Labute approximate surface area is 124 Å². The van der Waals surface area contributed by atoms with Crippen LogP contribution in [-0.2, 0) is 18.0 Å². The molecule has 1 fully saturated rings. The van der Waals surface area contributed by atoms with E-state index in [2.05, 4.69) is 0 Å². The molecule has 3 nitrogen and oxygen atoms in total. The molecular formula is C16H20ClNO2. The Morgan fingerprint density at radius 3 is 2.75 bits per heavy atom. The number of benzene rings is 1. The Kier molecular flexibility index (Phi) is 4.27. The second-order valence-electron chi connectivity index (χ2n) is 5.60. The molecule has 0 atom stereocenters. The molecule has 2 aliphatic rings. The predicted octanol–water partition coefficient (Wildman–Crippen LogP) is 3.34. The van der Waals surface area contributed by atoms with Crippen molar-refractivity contribution in [3.05, 3.63) is 34.9 Å². The van der Waals surface area contributed by atoms with Gasteiger partial charge in [0.2, 0.25) is 0 Å². The van der Waals surface area contributed by atoms with Crippen LogP contribution < -0.4 is 0 Å². The summed E-state index contributed by atoms with van der Waals surface area (Å²) in [4.78, 5) is 14.7. The van der Waals surface area contributed by atoms with Gasteiger partial charge in [-0.15, -0.1) is 11.6 Å². The van der Waals surface area contributed by atoms with Gasteiger partial charge in [-0.05, 0) is 36.1 Å². The third-order valence-corrected chi connectivity index (χ3v) is 4.49. The van der Waals surface area contributed by atoms with Crippen LogP contribution in [0.5, 0.6) is 0 Å². The van der Waals surface area contributed by atoms with Gasteiger partial charge in [-0.2, -0.15) is 0 Å². The van der Waals surface area contributed by atoms with E-state index in [9.17, 15) is 4.79 Å². The third-order valence-electron chi connectivity index (χ3n) is 4.32. The van der Waals surface area contributed by atoms with Crippen LogP contribution in [0.15, 0.2) is 18.2 Å². The van der Waals surface area contributed by atoms with Gasteiger partial charge in [-0.3, -0.25) is 4.79 Å². The van der Waals surface area contributed by atoms with Gasteiger partial charge in [-0.25, -0.2) is 0 Å². The maximum absolute atomic E-state index is 12.7. The first kappa shape index (κ1) is 13.9. The second-order valence-corrected chi connectivity index (χ2v) is 5.98. The number of amides is 1. The second kappa shape index (κ2) is 6.15. The molecule has 1 aliphatic carbocycles. The first-order valence-electron chi connectivity index (χ1n) is 7.36. The minimum absolute atomic E-state index is 0.118. The number of alkyl halides is 1. The Morgan fingerprint density at radius 2 is 2.00 bits per heavy atom. The fraction of sp³-hybridized carbons (Fsp3) is 0.562. The summed E-state index contributed by atoms with van der Waals surface area (Å²) in [6.07, 6.45) is 4.65. The summed E-state index contributed by atoms with van der Waals surface area (Å²) in [5.41, 5.74) is 3.12. The molecule has 0 bridgehead atoms. The molecule has 0 radical (unpaired) electrons. The first-order chi connectivity index (χ1) is 9.79. The van der Waals surface area contributed by atoms with E-state index >= 15 is 0 Å². The number of hydrogen-bond acceptors (Lipinski definition) is 2. The zero-order valence-electron chi connectivity index (χ0n) is 11.6. The zero-order chi connectivity index (χ0) is 13.9. The van der Waals surface area contributed by atoms with E-state index in [-0.39, 0.29) is 5.91 Å². The molecule has 1 amide bonds. The van der Waals surface area contributed by atoms with Gasteiger partial charge in [-0.1, -0.05) is 18.9 Å². The fourth-order valence-electron chi connectivity index (χ4n) is 3.23. The van der Waals surface area contributed by atoms with Crippen molar-refractivity contribution in [3.63, 3.8) is 0 Å². The number of halogens is 1. The number of carbonyl (C=O) groups is 1. The van der Waals surface area contributed by atoms with E-state index in [0.717, 1.165) is 24.0 Å². The average Bonchev–Trinajstić information content (AvgIpc) is 3.13. The van der Waals surface area contributed by atoms with Crippen LogP contribution in [0.3, 0.4) is 0 Å². The average molecular weight is 294 g/mol. The summed E-state index contributed by atoms with van der Waals surface area (Å²) in [6, 6.07) is 6.29. The molecular weight excluding hydrogens is 274 g/mol. The lowest BCUT2D eigenvalue weighted by Crippen LogP contribution is -2.40. The molecule has 0 spiro atoms. The predicted molar refractivity (Wildman–Crippen MR) is 78.9 cm³/mol. The zero-order valence-corrected chi connectivity index (χ0v) is 12.4. The Hall–Kier alpha value is -1.06. The van der Waals surface area contributed by atoms with Gasteiger partial charge >= 0.3 is 0 Å². The van der Waals surface area contributed by atoms with Crippen LogP contribution in [0.2, 0.25) is 0 Å². The van der Waals surface area contributed by atoms with Gasteiger partial charge < -0.3 is 9.64 Å². The summed E-state index contributed by atoms with van der Waals surface area (Å²) in [7, 11) is 0. The SMILES string of the molecule is O=C(c1ccc2c(c1)COC2)N(CCCl)C1CCCC1. The highest BCUT2D eigenvalue weighted by atomic mass is 35.5. The van der Waals surface area contributed by atoms with Gasteiger partial charge in [0.05, 0.1) is 13.2 Å².